The van der Waals surface area contributed by atoms with Gasteiger partial charge in [-0.25, -0.2) is 0 Å². The van der Waals surface area contributed by atoms with Crippen LogP contribution in [0.1, 0.15) is 30.9 Å². The molecule has 0 unspecified atom stereocenters. The van der Waals surface area contributed by atoms with Crippen LogP contribution in [0, 0.1) is 6.92 Å². The fourth-order valence-electron chi connectivity index (χ4n) is 3.25. The Hall–Kier alpha value is -2.27. The van der Waals surface area contributed by atoms with Crippen molar-refractivity contribution in [3.05, 3.63) is 52.8 Å². The maximum absolute atomic E-state index is 12.6. The molecule has 1 aliphatic heterocycles. The summed E-state index contributed by atoms with van der Waals surface area (Å²) in [4.78, 5) is 20.8. The molecule has 1 aliphatic rings. The van der Waals surface area contributed by atoms with Crippen LogP contribution in [0.4, 0.5) is 5.69 Å². The first-order valence-electron chi connectivity index (χ1n) is 9.31. The van der Waals surface area contributed by atoms with E-state index in [1.807, 2.05) is 36.1 Å². The number of halogens is 1. The number of anilines is 1. The van der Waals surface area contributed by atoms with E-state index in [-0.39, 0.29) is 18.4 Å². The number of carbonyl (C=O) groups excluding carboxylic acids is 1. The average Bonchev–Trinajstić information content (AvgIpc) is 2.69. The monoisotopic (exact) mass is 387 g/mol. The molecule has 0 atom stereocenters. The fraction of sp³-hybridized carbons (Fsp3) is 0.429. The number of piperazine rings is 1. The Labute approximate surface area is 165 Å². The summed E-state index contributed by atoms with van der Waals surface area (Å²) in [5, 5.41) is 0.726. The molecule has 0 spiro atoms. The lowest BCUT2D eigenvalue weighted by Crippen LogP contribution is -2.50. The number of amides is 1. The summed E-state index contributed by atoms with van der Waals surface area (Å²) >= 11 is 6.24. The Morgan fingerprint density at radius 1 is 1.19 bits per heavy atom. The van der Waals surface area contributed by atoms with Crippen molar-refractivity contribution in [1.29, 1.82) is 0 Å². The molecule has 0 aliphatic carbocycles. The molecule has 1 fully saturated rings. The highest BCUT2D eigenvalue weighted by Crippen LogP contribution is 2.32. The van der Waals surface area contributed by atoms with Crippen molar-refractivity contribution in [2.24, 2.45) is 0 Å². The number of carbonyl (C=O) groups is 1. The van der Waals surface area contributed by atoms with E-state index in [2.05, 4.69) is 23.7 Å². The Morgan fingerprint density at radius 2 is 1.85 bits per heavy atom. The lowest BCUT2D eigenvalue weighted by Gasteiger charge is -2.36. The van der Waals surface area contributed by atoms with E-state index in [0.29, 0.717) is 13.1 Å². The second-order valence-electron chi connectivity index (χ2n) is 7.16. The zero-order valence-corrected chi connectivity index (χ0v) is 16.9. The van der Waals surface area contributed by atoms with E-state index < -0.39 is 0 Å². The van der Waals surface area contributed by atoms with Gasteiger partial charge in [-0.15, -0.1) is 0 Å². The van der Waals surface area contributed by atoms with Crippen molar-refractivity contribution >= 4 is 23.2 Å². The van der Waals surface area contributed by atoms with Crippen LogP contribution in [0.5, 0.6) is 5.75 Å². The highest BCUT2D eigenvalue weighted by atomic mass is 35.5. The third-order valence-electron chi connectivity index (χ3n) is 4.92. The number of pyridine rings is 1. The van der Waals surface area contributed by atoms with Gasteiger partial charge in [0.05, 0.1) is 0 Å². The van der Waals surface area contributed by atoms with Gasteiger partial charge in [-0.1, -0.05) is 25.4 Å². The molecule has 1 aromatic carbocycles. The van der Waals surface area contributed by atoms with E-state index in [4.69, 9.17) is 16.3 Å². The highest BCUT2D eigenvalue weighted by Gasteiger charge is 2.22. The minimum Gasteiger partial charge on any atom is -0.483 e. The molecule has 6 heteroatoms. The maximum atomic E-state index is 12.6. The zero-order valence-electron chi connectivity index (χ0n) is 16.1. The minimum absolute atomic E-state index is 0.0201. The molecule has 2 aromatic rings. The lowest BCUT2D eigenvalue weighted by molar-refractivity contribution is -0.133. The van der Waals surface area contributed by atoms with E-state index >= 15 is 0 Å². The van der Waals surface area contributed by atoms with Crippen molar-refractivity contribution in [2.75, 3.05) is 37.7 Å². The molecule has 0 radical (unpaired) electrons. The van der Waals surface area contributed by atoms with Gasteiger partial charge in [-0.3, -0.25) is 9.78 Å². The second-order valence-corrected chi connectivity index (χ2v) is 7.56. The molecular weight excluding hydrogens is 362 g/mol. The van der Waals surface area contributed by atoms with Gasteiger partial charge in [-0.05, 0) is 48.2 Å². The van der Waals surface area contributed by atoms with Crippen LogP contribution in [-0.2, 0) is 4.79 Å². The van der Waals surface area contributed by atoms with Crippen LogP contribution in [0.25, 0.3) is 0 Å². The van der Waals surface area contributed by atoms with Crippen LogP contribution < -0.4 is 9.64 Å². The summed E-state index contributed by atoms with van der Waals surface area (Å²) in [6.45, 7) is 9.19. The third kappa shape index (κ3) is 4.72. The molecule has 1 saturated heterocycles. The number of aromatic nitrogens is 1. The fourth-order valence-corrected chi connectivity index (χ4v) is 3.42. The molecule has 2 heterocycles. The molecule has 1 aromatic heterocycles. The standard InChI is InChI=1S/C21H26ClN3O2/c1-15(2)18-13-19(22)16(3)12-20(18)27-14-21(26)25-10-8-24(9-11-25)17-4-6-23-7-5-17/h4-7,12-13,15H,8-11,14H2,1-3H3. The number of rotatable bonds is 5. The lowest BCUT2D eigenvalue weighted by atomic mass is 10.0. The van der Waals surface area contributed by atoms with Crippen molar-refractivity contribution < 1.29 is 9.53 Å². The largest absolute Gasteiger partial charge is 0.483 e. The van der Waals surface area contributed by atoms with E-state index in [9.17, 15) is 4.79 Å². The van der Waals surface area contributed by atoms with Gasteiger partial charge in [-0.2, -0.15) is 0 Å². The van der Waals surface area contributed by atoms with Crippen LogP contribution in [-0.4, -0.2) is 48.6 Å². The summed E-state index contributed by atoms with van der Waals surface area (Å²) in [6.07, 6.45) is 3.59. The Kier molecular flexibility index (Phi) is 6.22. The van der Waals surface area contributed by atoms with Gasteiger partial charge in [0.2, 0.25) is 0 Å². The molecule has 3 rings (SSSR count). The summed E-state index contributed by atoms with van der Waals surface area (Å²) in [5.74, 6) is 1.04. The molecule has 0 saturated carbocycles. The number of ether oxygens (including phenoxy) is 1. The van der Waals surface area contributed by atoms with Gasteiger partial charge in [0.15, 0.2) is 6.61 Å². The summed E-state index contributed by atoms with van der Waals surface area (Å²) in [7, 11) is 0. The number of nitrogens with zero attached hydrogens (tertiary/aromatic N) is 3. The summed E-state index contributed by atoms with van der Waals surface area (Å²) < 4.78 is 5.89. The quantitative estimate of drug-likeness (QED) is 0.780. The van der Waals surface area contributed by atoms with Crippen LogP contribution in [0.3, 0.4) is 0 Å². The SMILES string of the molecule is Cc1cc(OCC(=O)N2CCN(c3ccncc3)CC2)c(C(C)C)cc1Cl. The number of aryl methyl sites for hydroxylation is 1. The van der Waals surface area contributed by atoms with Crippen LogP contribution in [0.2, 0.25) is 5.02 Å². The topological polar surface area (TPSA) is 45.7 Å². The van der Waals surface area contributed by atoms with Crippen LogP contribution >= 0.6 is 11.6 Å². The average molecular weight is 388 g/mol. The van der Waals surface area contributed by atoms with E-state index in [0.717, 1.165) is 40.7 Å². The normalized spacial score (nSPS) is 14.6. The van der Waals surface area contributed by atoms with Gasteiger partial charge in [0, 0.05) is 49.3 Å². The van der Waals surface area contributed by atoms with Crippen molar-refractivity contribution in [2.45, 2.75) is 26.7 Å². The zero-order chi connectivity index (χ0) is 19.4. The predicted molar refractivity (Wildman–Crippen MR) is 109 cm³/mol. The van der Waals surface area contributed by atoms with E-state index in [1.165, 1.54) is 0 Å². The first-order valence-corrected chi connectivity index (χ1v) is 9.69. The number of benzene rings is 1. The Balaban J connectivity index is 1.57. The van der Waals surface area contributed by atoms with Gasteiger partial charge < -0.3 is 14.5 Å². The Morgan fingerprint density at radius 3 is 2.48 bits per heavy atom. The molecule has 0 N–H and O–H groups in total. The van der Waals surface area contributed by atoms with Gasteiger partial charge in [0.1, 0.15) is 5.75 Å². The first-order chi connectivity index (χ1) is 13.0. The van der Waals surface area contributed by atoms with Crippen molar-refractivity contribution in [1.82, 2.24) is 9.88 Å². The molecule has 5 nitrogen and oxygen atoms in total. The first kappa shape index (κ1) is 19.5. The van der Waals surface area contributed by atoms with Crippen molar-refractivity contribution in [3.8, 4) is 5.75 Å². The molecule has 1 amide bonds. The molecular formula is C21H26ClN3O2. The van der Waals surface area contributed by atoms with Gasteiger partial charge in [0.25, 0.3) is 5.91 Å². The van der Waals surface area contributed by atoms with E-state index in [1.54, 1.807) is 12.4 Å². The smallest absolute Gasteiger partial charge is 0.260 e. The van der Waals surface area contributed by atoms with Crippen LogP contribution in [0.15, 0.2) is 36.7 Å². The predicted octanol–water partition coefficient (Wildman–Crippen LogP) is 3.89. The van der Waals surface area contributed by atoms with Gasteiger partial charge >= 0.3 is 0 Å². The minimum atomic E-state index is 0.0201. The number of hydrogen-bond acceptors (Lipinski definition) is 4. The maximum Gasteiger partial charge on any atom is 0.260 e. The third-order valence-corrected chi connectivity index (χ3v) is 5.33. The highest BCUT2D eigenvalue weighted by molar-refractivity contribution is 6.31. The summed E-state index contributed by atoms with van der Waals surface area (Å²) in [5.41, 5.74) is 3.13. The molecule has 0 bridgehead atoms. The Bertz CT molecular complexity index is 788. The second kappa shape index (κ2) is 8.61. The summed E-state index contributed by atoms with van der Waals surface area (Å²) in [6, 6.07) is 7.86. The van der Waals surface area contributed by atoms with Crippen molar-refractivity contribution in [3.63, 3.8) is 0 Å². The molecule has 144 valence electrons. The molecule has 27 heavy (non-hydrogen) atoms. The number of hydrogen-bond donors (Lipinski definition) is 0.